The lowest BCUT2D eigenvalue weighted by Gasteiger charge is -2.49. The third kappa shape index (κ3) is 6.83. The molecule has 15 heteroatoms. The van der Waals surface area contributed by atoms with E-state index in [-0.39, 0.29) is 39.8 Å². The maximum atomic E-state index is 13.0. The van der Waals surface area contributed by atoms with Crippen molar-refractivity contribution in [1.29, 1.82) is 0 Å². The zero-order chi connectivity index (χ0) is 31.3. The minimum absolute atomic E-state index is 0.0606. The molecule has 2 aliphatic heterocycles. The maximum absolute atomic E-state index is 13.0. The predicted molar refractivity (Wildman–Crippen MR) is 149 cm³/mol. The molecule has 0 bridgehead atoms. The van der Waals surface area contributed by atoms with Crippen molar-refractivity contribution in [2.24, 2.45) is 5.16 Å². The van der Waals surface area contributed by atoms with Gasteiger partial charge in [0.1, 0.15) is 30.8 Å². The summed E-state index contributed by atoms with van der Waals surface area (Å²) in [5.41, 5.74) is 0.128. The fourth-order valence-corrected chi connectivity index (χ4v) is 5.59. The molecule has 2 aromatic rings. The minimum Gasteiger partial charge on any atom is -0.477 e. The SMILES string of the molecule is CO/N=C(\C(=O)N[C@@H]1C(=O)N2C(C(=O)O)=C(COC(=O)c3ccc(OC(C)=O)c(OC(C)=O)c3)CS[C@H]12)c1ccccc1. The van der Waals surface area contributed by atoms with Crippen molar-refractivity contribution >= 4 is 53.2 Å². The highest BCUT2D eigenvalue weighted by Crippen LogP contribution is 2.40. The number of carboxylic acids is 1. The van der Waals surface area contributed by atoms with Crippen molar-refractivity contribution in [1.82, 2.24) is 10.2 Å². The Kier molecular flexibility index (Phi) is 9.45. The Morgan fingerprint density at radius 2 is 1.67 bits per heavy atom. The quantitative estimate of drug-likeness (QED) is 0.130. The lowest BCUT2D eigenvalue weighted by molar-refractivity contribution is -0.150. The van der Waals surface area contributed by atoms with Crippen LogP contribution in [-0.4, -0.2) is 82.3 Å². The lowest BCUT2D eigenvalue weighted by Crippen LogP contribution is -2.71. The van der Waals surface area contributed by atoms with E-state index in [4.69, 9.17) is 19.0 Å². The lowest BCUT2D eigenvalue weighted by atomic mass is 10.0. The summed E-state index contributed by atoms with van der Waals surface area (Å²) in [4.78, 5) is 79.6. The fourth-order valence-electron chi connectivity index (χ4n) is 4.26. The van der Waals surface area contributed by atoms with Crippen molar-refractivity contribution in [3.8, 4) is 11.5 Å². The number of β-lactam (4-membered cyclic amide) rings is 1. The molecular formula is C28H25N3O11S. The number of nitrogens with zero attached hydrogens (tertiary/aromatic N) is 2. The second-order valence-electron chi connectivity index (χ2n) is 9.03. The van der Waals surface area contributed by atoms with E-state index in [9.17, 15) is 33.9 Å². The van der Waals surface area contributed by atoms with Gasteiger partial charge in [-0.2, -0.15) is 0 Å². The normalized spacial score (nSPS) is 17.7. The van der Waals surface area contributed by atoms with E-state index in [1.54, 1.807) is 30.3 Å². The number of rotatable bonds is 10. The van der Waals surface area contributed by atoms with E-state index in [1.165, 1.54) is 31.0 Å². The second-order valence-corrected chi connectivity index (χ2v) is 10.1. The van der Waals surface area contributed by atoms with Crippen LogP contribution in [0.3, 0.4) is 0 Å². The van der Waals surface area contributed by atoms with Gasteiger partial charge in [0, 0.05) is 30.7 Å². The van der Waals surface area contributed by atoms with Gasteiger partial charge in [0.15, 0.2) is 17.2 Å². The number of hydrogen-bond donors (Lipinski definition) is 2. The number of benzene rings is 2. The Balaban J connectivity index is 1.47. The highest BCUT2D eigenvalue weighted by molar-refractivity contribution is 8.00. The van der Waals surface area contributed by atoms with Crippen LogP contribution in [0.5, 0.6) is 11.5 Å². The van der Waals surface area contributed by atoms with Crippen molar-refractivity contribution < 1.29 is 52.9 Å². The third-order valence-electron chi connectivity index (χ3n) is 6.05. The third-order valence-corrected chi connectivity index (χ3v) is 7.39. The zero-order valence-corrected chi connectivity index (χ0v) is 23.8. The van der Waals surface area contributed by atoms with Gasteiger partial charge in [0.25, 0.3) is 11.8 Å². The topological polar surface area (TPSA) is 187 Å². The molecule has 0 saturated carbocycles. The van der Waals surface area contributed by atoms with Crippen molar-refractivity contribution in [2.75, 3.05) is 19.5 Å². The first kappa shape index (κ1) is 30.8. The Morgan fingerprint density at radius 3 is 2.30 bits per heavy atom. The number of hydrogen-bond acceptors (Lipinski definition) is 12. The van der Waals surface area contributed by atoms with E-state index < -0.39 is 53.7 Å². The van der Waals surface area contributed by atoms with E-state index >= 15 is 0 Å². The smallest absolute Gasteiger partial charge is 0.352 e. The molecule has 2 aliphatic rings. The van der Waals surface area contributed by atoms with Gasteiger partial charge in [-0.3, -0.25) is 24.1 Å². The molecule has 1 fully saturated rings. The molecule has 2 amide bonds. The average Bonchev–Trinajstić information content (AvgIpc) is 2.97. The van der Waals surface area contributed by atoms with E-state index in [0.29, 0.717) is 5.56 Å². The Hall–Kier alpha value is -5.18. The average molecular weight is 612 g/mol. The zero-order valence-electron chi connectivity index (χ0n) is 23.0. The number of oxime groups is 1. The van der Waals surface area contributed by atoms with Gasteiger partial charge < -0.3 is 29.5 Å². The van der Waals surface area contributed by atoms with Crippen molar-refractivity contribution in [2.45, 2.75) is 25.3 Å². The molecule has 0 unspecified atom stereocenters. The largest absolute Gasteiger partial charge is 0.477 e. The van der Waals surface area contributed by atoms with Crippen LogP contribution in [0, 0.1) is 0 Å². The summed E-state index contributed by atoms with van der Waals surface area (Å²) in [5.74, 6) is -5.24. The summed E-state index contributed by atoms with van der Waals surface area (Å²) >= 11 is 1.18. The number of esters is 3. The highest BCUT2D eigenvalue weighted by Gasteiger charge is 2.54. The summed E-state index contributed by atoms with van der Waals surface area (Å²) in [6, 6.07) is 11.1. The Morgan fingerprint density at radius 1 is 1.00 bits per heavy atom. The summed E-state index contributed by atoms with van der Waals surface area (Å²) < 4.78 is 15.3. The van der Waals surface area contributed by atoms with Gasteiger partial charge in [-0.15, -0.1) is 11.8 Å². The van der Waals surface area contributed by atoms with Crippen LogP contribution in [0.25, 0.3) is 0 Å². The van der Waals surface area contributed by atoms with Crippen LogP contribution in [0.1, 0.15) is 29.8 Å². The van der Waals surface area contributed by atoms with Crippen LogP contribution in [0.15, 0.2) is 65.0 Å². The highest BCUT2D eigenvalue weighted by atomic mass is 32.2. The van der Waals surface area contributed by atoms with Crippen LogP contribution >= 0.6 is 11.8 Å². The predicted octanol–water partition coefficient (Wildman–Crippen LogP) is 1.48. The number of carbonyl (C=O) groups is 6. The molecule has 0 aromatic heterocycles. The van der Waals surface area contributed by atoms with E-state index in [0.717, 1.165) is 24.8 Å². The molecule has 224 valence electrons. The number of aliphatic carboxylic acids is 1. The number of nitrogens with one attached hydrogen (secondary N) is 1. The molecule has 2 aromatic carbocycles. The molecule has 0 spiro atoms. The summed E-state index contributed by atoms with van der Waals surface area (Å²) in [5, 5.41) is 15.6. The molecule has 0 radical (unpaired) electrons. The second kappa shape index (κ2) is 13.2. The molecule has 0 aliphatic carbocycles. The molecule has 2 atom stereocenters. The number of carboxylic acid groups (broad SMARTS) is 1. The number of amides is 2. The number of thioether (sulfide) groups is 1. The van der Waals surface area contributed by atoms with Crippen molar-refractivity contribution in [3.05, 3.63) is 70.9 Å². The molecule has 2 N–H and O–H groups in total. The summed E-state index contributed by atoms with van der Waals surface area (Å²) in [6.07, 6.45) is 0. The summed E-state index contributed by atoms with van der Waals surface area (Å²) in [6.45, 7) is 1.81. The van der Waals surface area contributed by atoms with Gasteiger partial charge in [-0.1, -0.05) is 35.5 Å². The molecular weight excluding hydrogens is 586 g/mol. The fraction of sp³-hybridized carbons (Fsp3) is 0.250. The summed E-state index contributed by atoms with van der Waals surface area (Å²) in [7, 11) is 1.28. The first-order valence-electron chi connectivity index (χ1n) is 12.6. The van der Waals surface area contributed by atoms with Gasteiger partial charge >= 0.3 is 23.9 Å². The standard InChI is InChI=1S/C28H25N3O11S/c1-14(32)41-19-10-9-17(11-20(19)42-15(2)33)28(38)40-12-18-13-43-26-22(25(35)31(26)23(18)27(36)37)29-24(34)21(30-39-3)16-7-5-4-6-8-16/h4-11,22,26H,12-13H2,1-3H3,(H,29,34)(H,36,37)/b30-21-/t22-,26-/m1/s1. The van der Waals surface area contributed by atoms with E-state index in [2.05, 4.69) is 10.5 Å². The van der Waals surface area contributed by atoms with Gasteiger partial charge in [0.2, 0.25) is 0 Å². The Bertz CT molecular complexity index is 1550. The molecule has 14 nitrogen and oxygen atoms in total. The van der Waals surface area contributed by atoms with Crippen LogP contribution in [0.4, 0.5) is 0 Å². The van der Waals surface area contributed by atoms with Crippen LogP contribution in [-0.2, 0) is 33.5 Å². The minimum atomic E-state index is -1.41. The van der Waals surface area contributed by atoms with Gasteiger partial charge in [-0.05, 0) is 18.2 Å². The number of carbonyl (C=O) groups excluding carboxylic acids is 5. The Labute approximate surface area is 248 Å². The number of fused-ring (bicyclic) bond motifs is 1. The number of ether oxygens (including phenoxy) is 3. The first-order chi connectivity index (χ1) is 20.5. The molecule has 43 heavy (non-hydrogen) atoms. The van der Waals surface area contributed by atoms with Gasteiger partial charge in [-0.25, -0.2) is 9.59 Å². The maximum Gasteiger partial charge on any atom is 0.352 e. The van der Waals surface area contributed by atoms with E-state index in [1.807, 2.05) is 0 Å². The van der Waals surface area contributed by atoms with Crippen molar-refractivity contribution in [3.63, 3.8) is 0 Å². The van der Waals surface area contributed by atoms with Crippen LogP contribution in [0.2, 0.25) is 0 Å². The first-order valence-corrected chi connectivity index (χ1v) is 13.6. The van der Waals surface area contributed by atoms with Crippen LogP contribution < -0.4 is 14.8 Å². The van der Waals surface area contributed by atoms with Gasteiger partial charge in [0.05, 0.1) is 5.56 Å². The molecule has 4 rings (SSSR count). The monoisotopic (exact) mass is 611 g/mol. The molecule has 1 saturated heterocycles. The molecule has 2 heterocycles.